The van der Waals surface area contributed by atoms with Crippen molar-refractivity contribution in [2.24, 2.45) is 0 Å². The zero-order chi connectivity index (χ0) is 24.0. The van der Waals surface area contributed by atoms with Crippen LogP contribution in [0, 0.1) is 13.8 Å². The first-order valence-corrected chi connectivity index (χ1v) is 18.9. The van der Waals surface area contributed by atoms with Crippen molar-refractivity contribution < 1.29 is 18.9 Å². The van der Waals surface area contributed by atoms with E-state index in [1.165, 1.54) is 47.0 Å². The Balaban J connectivity index is 0.000000183. The Morgan fingerprint density at radius 1 is 0.719 bits per heavy atom. The van der Waals surface area contributed by atoms with E-state index in [0.29, 0.717) is 11.8 Å². The predicted octanol–water partition coefficient (Wildman–Crippen LogP) is 10.1. The Bertz CT molecular complexity index is 1090. The second-order valence-electron chi connectivity index (χ2n) is 9.34. The van der Waals surface area contributed by atoms with Crippen LogP contribution in [0.2, 0.25) is 0 Å². The van der Waals surface area contributed by atoms with Crippen molar-refractivity contribution in [2.45, 2.75) is 67.2 Å². The summed E-state index contributed by atoms with van der Waals surface area (Å²) >= 11 is -1.84. The van der Waals surface area contributed by atoms with Crippen molar-refractivity contribution in [3.63, 3.8) is 0 Å². The molecule has 32 heavy (non-hydrogen) atoms. The van der Waals surface area contributed by atoms with E-state index >= 15 is 0 Å². The number of halogens is 2. The van der Waals surface area contributed by atoms with E-state index in [2.05, 4.69) is 102 Å². The van der Waals surface area contributed by atoms with Gasteiger partial charge in [-0.25, -0.2) is 0 Å². The molecule has 0 spiro atoms. The van der Waals surface area contributed by atoms with Crippen LogP contribution in [0.5, 0.6) is 0 Å². The molecule has 0 heterocycles. The summed E-state index contributed by atoms with van der Waals surface area (Å²) < 4.78 is 1.24. The van der Waals surface area contributed by atoms with E-state index in [0.717, 1.165) is 0 Å². The summed E-state index contributed by atoms with van der Waals surface area (Å²) in [7, 11) is 11.1. The first-order valence-electron chi connectivity index (χ1n) is 11.3. The van der Waals surface area contributed by atoms with Gasteiger partial charge in [0.05, 0.1) is 0 Å². The summed E-state index contributed by atoms with van der Waals surface area (Å²) in [5, 5.41) is 5.61. The number of benzene rings is 2. The van der Waals surface area contributed by atoms with Gasteiger partial charge in [-0.3, -0.25) is 0 Å². The number of hydrogen-bond acceptors (Lipinski definition) is 0. The smallest absolute Gasteiger partial charge is 0.0308 e. The second kappa shape index (κ2) is 12.5. The third-order valence-corrected chi connectivity index (χ3v) is 11.8. The maximum Gasteiger partial charge on any atom is -0.0308 e. The molecule has 0 unspecified atom stereocenters. The van der Waals surface area contributed by atoms with Crippen LogP contribution < -0.4 is 0 Å². The maximum atomic E-state index is 5.54. The van der Waals surface area contributed by atoms with Gasteiger partial charge in [-0.2, -0.15) is 12.1 Å². The number of hydrogen-bond donors (Lipinski definition) is 0. The molecular formula is C29H36Cl2Zr-2. The van der Waals surface area contributed by atoms with E-state index in [1.807, 2.05) is 13.8 Å². The van der Waals surface area contributed by atoms with Crippen molar-refractivity contribution in [3.05, 3.63) is 82.9 Å². The normalized spacial score (nSPS) is 10.8. The summed E-state index contributed by atoms with van der Waals surface area (Å²) in [6, 6.07) is 22.2. The van der Waals surface area contributed by atoms with Crippen LogP contribution in [-0.2, 0) is 18.9 Å². The molecule has 0 fully saturated rings. The predicted molar refractivity (Wildman–Crippen MR) is 145 cm³/mol. The van der Waals surface area contributed by atoms with Crippen molar-refractivity contribution in [1.82, 2.24) is 0 Å². The molecule has 172 valence electrons. The molecule has 0 nitrogen and oxygen atoms in total. The minimum atomic E-state index is -1.84. The van der Waals surface area contributed by atoms with Gasteiger partial charge in [0, 0.05) is 0 Å². The zero-order valence-electron chi connectivity index (χ0n) is 20.7. The van der Waals surface area contributed by atoms with Gasteiger partial charge in [0.15, 0.2) is 0 Å². The second-order valence-corrected chi connectivity index (χ2v) is 18.7. The first-order chi connectivity index (χ1) is 15.0. The third kappa shape index (κ3) is 7.51. The minimum absolute atomic E-state index is 0.616. The molecule has 4 aromatic carbocycles. The standard InChI is InChI=1S/2C13H15.C3H6.2ClH.Zr/c2*1-9(2)12-6-4-5-11-7-10(3)8-13(11)12;1-3-2;;;/h2*4-9H,1-3H3;1-2H3;2*1H;/q2*-1;;;;+2/p-2. The van der Waals surface area contributed by atoms with E-state index in [-0.39, 0.29) is 0 Å². The van der Waals surface area contributed by atoms with Crippen LogP contribution in [0.15, 0.2) is 60.7 Å². The molecule has 0 aliphatic heterocycles. The fourth-order valence-electron chi connectivity index (χ4n) is 3.82. The Morgan fingerprint density at radius 3 is 1.34 bits per heavy atom. The van der Waals surface area contributed by atoms with E-state index in [9.17, 15) is 0 Å². The van der Waals surface area contributed by atoms with E-state index < -0.39 is 18.9 Å². The Kier molecular flexibility index (Phi) is 10.6. The van der Waals surface area contributed by atoms with Crippen LogP contribution in [-0.4, -0.2) is 3.21 Å². The van der Waals surface area contributed by atoms with Crippen LogP contribution in [0.25, 0.3) is 21.5 Å². The molecule has 0 amide bonds. The van der Waals surface area contributed by atoms with Gasteiger partial charge in [-0.05, 0) is 11.8 Å². The SMILES string of the molecule is C[C](C)=[Zr]([Cl])[Cl].Cc1cc2c(C(C)C)cccc2[cH-]1.Cc1cc2c(C(C)C)cccc2[cH-]1. The molecule has 0 atom stereocenters. The topological polar surface area (TPSA) is 0 Å². The van der Waals surface area contributed by atoms with Crippen LogP contribution in [0.1, 0.15) is 75.6 Å². The maximum absolute atomic E-state index is 5.54. The molecule has 4 rings (SSSR count). The molecule has 0 bridgehead atoms. The molecule has 3 heteroatoms. The fourth-order valence-corrected chi connectivity index (χ4v) is 3.82. The van der Waals surface area contributed by atoms with Crippen molar-refractivity contribution in [2.75, 3.05) is 0 Å². The molecule has 0 aromatic heterocycles. The zero-order valence-corrected chi connectivity index (χ0v) is 24.7. The van der Waals surface area contributed by atoms with Crippen molar-refractivity contribution in [1.29, 1.82) is 0 Å². The average molecular weight is 547 g/mol. The largest absolute Gasteiger partial charge is 0.165 e. The first kappa shape index (κ1) is 27.2. The Labute approximate surface area is 209 Å². The van der Waals surface area contributed by atoms with Gasteiger partial charge >= 0.3 is 53.0 Å². The van der Waals surface area contributed by atoms with Crippen LogP contribution in [0.3, 0.4) is 0 Å². The van der Waals surface area contributed by atoms with Crippen LogP contribution in [0.4, 0.5) is 0 Å². The number of aryl methyl sites for hydroxylation is 2. The van der Waals surface area contributed by atoms with Gasteiger partial charge in [-0.1, -0.05) is 64.8 Å². The molecule has 4 aromatic rings. The number of fused-ring (bicyclic) bond motifs is 2. The summed E-state index contributed by atoms with van der Waals surface area (Å²) in [5.74, 6) is 1.23. The molecule has 0 saturated heterocycles. The van der Waals surface area contributed by atoms with Gasteiger partial charge in [0.1, 0.15) is 0 Å². The molecule has 0 radical (unpaired) electrons. The molecule has 0 N–H and O–H groups in total. The fraction of sp³-hybridized carbons (Fsp3) is 0.345. The van der Waals surface area contributed by atoms with Crippen molar-refractivity contribution >= 4 is 41.8 Å². The monoisotopic (exact) mass is 544 g/mol. The average Bonchev–Trinajstić information content (AvgIpc) is 3.28. The van der Waals surface area contributed by atoms with Gasteiger partial charge in [0.25, 0.3) is 0 Å². The number of rotatable bonds is 2. The molecule has 0 saturated carbocycles. The Hall–Kier alpha value is -1.01. The van der Waals surface area contributed by atoms with Gasteiger partial charge in [-0.15, -0.1) is 69.1 Å². The summed E-state index contributed by atoms with van der Waals surface area (Å²) in [4.78, 5) is 0. The molecular weight excluding hydrogens is 510 g/mol. The third-order valence-electron chi connectivity index (χ3n) is 5.48. The summed E-state index contributed by atoms with van der Waals surface area (Å²) in [6.45, 7) is 17.3. The van der Waals surface area contributed by atoms with Crippen molar-refractivity contribution in [3.8, 4) is 0 Å². The Morgan fingerprint density at radius 2 is 1.06 bits per heavy atom. The van der Waals surface area contributed by atoms with E-state index in [4.69, 9.17) is 17.0 Å². The van der Waals surface area contributed by atoms with E-state index in [1.54, 1.807) is 0 Å². The van der Waals surface area contributed by atoms with Crippen LogP contribution >= 0.6 is 17.0 Å². The minimum Gasteiger partial charge on any atom is -0.165 e. The molecule has 0 aliphatic carbocycles. The molecule has 0 aliphatic rings. The summed E-state index contributed by atoms with van der Waals surface area (Å²) in [5.41, 5.74) is 5.66. The quantitative estimate of drug-likeness (QED) is 0.219. The van der Waals surface area contributed by atoms with Gasteiger partial charge < -0.3 is 0 Å². The summed E-state index contributed by atoms with van der Waals surface area (Å²) in [6.07, 6.45) is 0. The van der Waals surface area contributed by atoms with Gasteiger partial charge in [0.2, 0.25) is 0 Å².